The van der Waals surface area contributed by atoms with E-state index in [2.05, 4.69) is 58.4 Å². The number of benzene rings is 2. The van der Waals surface area contributed by atoms with Crippen molar-refractivity contribution in [2.75, 3.05) is 6.61 Å². The second-order valence-electron chi connectivity index (χ2n) is 5.22. The van der Waals surface area contributed by atoms with Gasteiger partial charge in [0.2, 0.25) is 0 Å². The van der Waals surface area contributed by atoms with Crippen molar-refractivity contribution in [3.8, 4) is 5.75 Å². The molecule has 0 bridgehead atoms. The van der Waals surface area contributed by atoms with E-state index in [1.807, 2.05) is 0 Å². The summed E-state index contributed by atoms with van der Waals surface area (Å²) in [7, 11) is 0. The number of rotatable bonds is 3. The maximum absolute atomic E-state index is 6.40. The van der Waals surface area contributed by atoms with E-state index < -0.39 is 0 Å². The molecule has 1 aliphatic heterocycles. The summed E-state index contributed by atoms with van der Waals surface area (Å²) in [6, 6.07) is 14.6. The first kappa shape index (κ1) is 13.7. The first-order valence-electron chi connectivity index (χ1n) is 6.98. The molecule has 1 atom stereocenters. The van der Waals surface area contributed by atoms with Gasteiger partial charge in [0, 0.05) is 16.1 Å². The van der Waals surface area contributed by atoms with Crippen LogP contribution in [0.1, 0.15) is 29.2 Å². The van der Waals surface area contributed by atoms with Crippen LogP contribution >= 0.6 is 15.9 Å². The number of hydrogen-bond acceptors (Lipinski definition) is 2. The maximum Gasteiger partial charge on any atom is 0.127 e. The number of aryl methyl sites for hydroxylation is 1. The third kappa shape index (κ3) is 2.89. The van der Waals surface area contributed by atoms with E-state index >= 15 is 0 Å². The van der Waals surface area contributed by atoms with Crippen LogP contribution in [0, 0.1) is 0 Å². The predicted molar refractivity (Wildman–Crippen MR) is 85.0 cm³/mol. The molecular formula is C17H18BrNO. The SMILES string of the molecule is NC(Cc1ccc(Br)cc1)c1cccc2c1OCCC2. The number of nitrogens with two attached hydrogens (primary N) is 1. The molecule has 2 aromatic carbocycles. The Labute approximate surface area is 128 Å². The topological polar surface area (TPSA) is 35.2 Å². The third-order valence-corrected chi connectivity index (χ3v) is 4.26. The lowest BCUT2D eigenvalue weighted by atomic mass is 9.94. The normalized spacial score (nSPS) is 15.3. The molecule has 0 radical (unpaired) electrons. The van der Waals surface area contributed by atoms with Crippen LogP contribution in [0.2, 0.25) is 0 Å². The molecule has 20 heavy (non-hydrogen) atoms. The minimum absolute atomic E-state index is 0.0239. The molecule has 104 valence electrons. The van der Waals surface area contributed by atoms with Crippen LogP contribution in [0.5, 0.6) is 5.75 Å². The number of para-hydroxylation sites is 1. The van der Waals surface area contributed by atoms with Crippen LogP contribution in [0.4, 0.5) is 0 Å². The third-order valence-electron chi connectivity index (χ3n) is 3.73. The summed E-state index contributed by atoms with van der Waals surface area (Å²) in [5.41, 5.74) is 10.1. The lowest BCUT2D eigenvalue weighted by Gasteiger charge is -2.23. The Morgan fingerprint density at radius 3 is 2.75 bits per heavy atom. The standard InChI is InChI=1S/C17H18BrNO/c18-14-8-6-12(7-9-14)11-16(19)15-5-1-3-13-4-2-10-20-17(13)15/h1,3,5-9,16H,2,4,10-11,19H2. The van der Waals surface area contributed by atoms with Crippen molar-refractivity contribution in [1.82, 2.24) is 0 Å². The van der Waals surface area contributed by atoms with Crippen molar-refractivity contribution >= 4 is 15.9 Å². The fraction of sp³-hybridized carbons (Fsp3) is 0.294. The van der Waals surface area contributed by atoms with Gasteiger partial charge in [-0.25, -0.2) is 0 Å². The van der Waals surface area contributed by atoms with Crippen molar-refractivity contribution in [2.45, 2.75) is 25.3 Å². The number of fused-ring (bicyclic) bond motifs is 1. The van der Waals surface area contributed by atoms with Crippen LogP contribution in [-0.4, -0.2) is 6.61 Å². The van der Waals surface area contributed by atoms with E-state index in [1.165, 1.54) is 11.1 Å². The van der Waals surface area contributed by atoms with Gasteiger partial charge in [-0.15, -0.1) is 0 Å². The highest BCUT2D eigenvalue weighted by Crippen LogP contribution is 2.33. The van der Waals surface area contributed by atoms with Gasteiger partial charge in [-0.05, 0) is 42.5 Å². The van der Waals surface area contributed by atoms with E-state index in [4.69, 9.17) is 10.5 Å². The predicted octanol–water partition coefficient (Wildman–Crippen LogP) is 4.02. The first-order valence-corrected chi connectivity index (χ1v) is 7.78. The van der Waals surface area contributed by atoms with Crippen molar-refractivity contribution in [1.29, 1.82) is 0 Å². The summed E-state index contributed by atoms with van der Waals surface area (Å²) in [4.78, 5) is 0. The van der Waals surface area contributed by atoms with Gasteiger partial charge in [0.05, 0.1) is 6.61 Å². The van der Waals surface area contributed by atoms with Crippen LogP contribution in [-0.2, 0) is 12.8 Å². The molecule has 0 aliphatic carbocycles. The molecule has 2 aromatic rings. The quantitative estimate of drug-likeness (QED) is 0.921. The number of ether oxygens (including phenoxy) is 1. The molecule has 1 aliphatic rings. The largest absolute Gasteiger partial charge is 0.493 e. The molecule has 2 nitrogen and oxygen atoms in total. The molecule has 3 rings (SSSR count). The average molecular weight is 332 g/mol. The zero-order valence-electron chi connectivity index (χ0n) is 11.3. The molecule has 0 saturated heterocycles. The van der Waals surface area contributed by atoms with Gasteiger partial charge in [-0.3, -0.25) is 0 Å². The van der Waals surface area contributed by atoms with Gasteiger partial charge in [-0.2, -0.15) is 0 Å². The van der Waals surface area contributed by atoms with Crippen molar-refractivity contribution in [3.63, 3.8) is 0 Å². The van der Waals surface area contributed by atoms with E-state index in [-0.39, 0.29) is 6.04 Å². The molecule has 2 N–H and O–H groups in total. The summed E-state index contributed by atoms with van der Waals surface area (Å²) in [5, 5.41) is 0. The summed E-state index contributed by atoms with van der Waals surface area (Å²) < 4.78 is 6.94. The van der Waals surface area contributed by atoms with Gasteiger partial charge < -0.3 is 10.5 Å². The summed E-state index contributed by atoms with van der Waals surface area (Å²) >= 11 is 3.45. The average Bonchev–Trinajstić information content (AvgIpc) is 2.49. The molecule has 0 aromatic heterocycles. The Bertz CT molecular complexity index is 594. The summed E-state index contributed by atoms with van der Waals surface area (Å²) in [5.74, 6) is 1.02. The van der Waals surface area contributed by atoms with Crippen molar-refractivity contribution in [2.24, 2.45) is 5.73 Å². The minimum Gasteiger partial charge on any atom is -0.493 e. The van der Waals surface area contributed by atoms with Gasteiger partial charge in [0.25, 0.3) is 0 Å². The van der Waals surface area contributed by atoms with Crippen LogP contribution in [0.15, 0.2) is 46.9 Å². The molecular weight excluding hydrogens is 314 g/mol. The van der Waals surface area contributed by atoms with Crippen LogP contribution < -0.4 is 10.5 Å². The molecule has 0 spiro atoms. The molecule has 3 heteroatoms. The fourth-order valence-corrected chi connectivity index (χ4v) is 2.96. The lowest BCUT2D eigenvalue weighted by molar-refractivity contribution is 0.283. The zero-order valence-corrected chi connectivity index (χ0v) is 12.9. The molecule has 0 saturated carbocycles. The second-order valence-corrected chi connectivity index (χ2v) is 6.14. The highest BCUT2D eigenvalue weighted by atomic mass is 79.9. The lowest BCUT2D eigenvalue weighted by Crippen LogP contribution is -2.18. The fourth-order valence-electron chi connectivity index (χ4n) is 2.69. The van der Waals surface area contributed by atoms with Gasteiger partial charge in [-0.1, -0.05) is 46.3 Å². The van der Waals surface area contributed by atoms with Crippen LogP contribution in [0.3, 0.4) is 0 Å². The molecule has 1 heterocycles. The molecule has 0 fully saturated rings. The maximum atomic E-state index is 6.40. The Hall–Kier alpha value is -1.32. The van der Waals surface area contributed by atoms with E-state index in [1.54, 1.807) is 0 Å². The number of halogens is 1. The zero-order chi connectivity index (χ0) is 13.9. The Balaban J connectivity index is 1.83. The number of hydrogen-bond donors (Lipinski definition) is 1. The van der Waals surface area contributed by atoms with E-state index in [9.17, 15) is 0 Å². The minimum atomic E-state index is -0.0239. The van der Waals surface area contributed by atoms with Crippen LogP contribution in [0.25, 0.3) is 0 Å². The van der Waals surface area contributed by atoms with Gasteiger partial charge >= 0.3 is 0 Å². The summed E-state index contributed by atoms with van der Waals surface area (Å²) in [6.45, 7) is 0.801. The highest BCUT2D eigenvalue weighted by molar-refractivity contribution is 9.10. The molecule has 0 amide bonds. The van der Waals surface area contributed by atoms with E-state index in [0.717, 1.165) is 41.7 Å². The molecule has 1 unspecified atom stereocenters. The Kier molecular flexibility index (Phi) is 4.08. The van der Waals surface area contributed by atoms with Gasteiger partial charge in [0.15, 0.2) is 0 Å². The Morgan fingerprint density at radius 1 is 1.15 bits per heavy atom. The Morgan fingerprint density at radius 2 is 1.95 bits per heavy atom. The first-order chi connectivity index (χ1) is 9.74. The highest BCUT2D eigenvalue weighted by Gasteiger charge is 2.18. The van der Waals surface area contributed by atoms with Gasteiger partial charge in [0.1, 0.15) is 5.75 Å². The van der Waals surface area contributed by atoms with E-state index in [0.29, 0.717) is 0 Å². The smallest absolute Gasteiger partial charge is 0.127 e. The van der Waals surface area contributed by atoms with Crippen molar-refractivity contribution < 1.29 is 4.74 Å². The van der Waals surface area contributed by atoms with Crippen molar-refractivity contribution in [3.05, 3.63) is 63.6 Å². The second kappa shape index (κ2) is 5.98. The summed E-state index contributed by atoms with van der Waals surface area (Å²) in [6.07, 6.45) is 3.01. The monoisotopic (exact) mass is 331 g/mol.